The summed E-state index contributed by atoms with van der Waals surface area (Å²) in [7, 11) is 0. The van der Waals surface area contributed by atoms with Crippen molar-refractivity contribution >= 4 is 22.7 Å². The molecule has 0 saturated carbocycles. The second-order valence-corrected chi connectivity index (χ2v) is 6.71. The van der Waals surface area contributed by atoms with Gasteiger partial charge in [0.25, 0.3) is 11.8 Å². The van der Waals surface area contributed by atoms with Crippen LogP contribution in [-0.4, -0.2) is 23.4 Å². The first kappa shape index (κ1) is 18.5. The first-order chi connectivity index (χ1) is 13.0. The maximum atomic E-state index is 12.3. The average Bonchev–Trinajstić information content (AvgIpc) is 3.10. The van der Waals surface area contributed by atoms with E-state index in [2.05, 4.69) is 29.7 Å². The van der Waals surface area contributed by atoms with E-state index in [0.717, 1.165) is 23.1 Å². The van der Waals surface area contributed by atoms with E-state index in [1.165, 1.54) is 0 Å². The summed E-state index contributed by atoms with van der Waals surface area (Å²) in [6.07, 6.45) is 2.59. The Kier molecular flexibility index (Phi) is 5.76. The highest BCUT2D eigenvalue weighted by molar-refractivity contribution is 6.07. The minimum Gasteiger partial charge on any atom is -0.494 e. The fourth-order valence-corrected chi connectivity index (χ4v) is 2.63. The molecule has 0 fully saturated rings. The van der Waals surface area contributed by atoms with Gasteiger partial charge in [0.05, 0.1) is 12.2 Å². The third-order valence-electron chi connectivity index (χ3n) is 4.20. The van der Waals surface area contributed by atoms with Crippen LogP contribution in [0.15, 0.2) is 54.7 Å². The third kappa shape index (κ3) is 4.67. The molecule has 0 unspecified atom stereocenters. The largest absolute Gasteiger partial charge is 0.494 e. The number of para-hydroxylation sites is 1. The van der Waals surface area contributed by atoms with Gasteiger partial charge in [-0.25, -0.2) is 0 Å². The normalized spacial score (nSPS) is 10.8. The van der Waals surface area contributed by atoms with Crippen molar-refractivity contribution in [2.75, 3.05) is 6.61 Å². The molecule has 0 aliphatic carbocycles. The van der Waals surface area contributed by atoms with Crippen LogP contribution in [0.4, 0.5) is 0 Å². The Labute approximate surface area is 157 Å². The summed E-state index contributed by atoms with van der Waals surface area (Å²) in [5, 5.41) is 0.798. The Morgan fingerprint density at radius 2 is 1.70 bits per heavy atom. The molecule has 3 aromatic rings. The van der Waals surface area contributed by atoms with E-state index >= 15 is 0 Å². The first-order valence-corrected chi connectivity index (χ1v) is 8.94. The first-order valence-electron chi connectivity index (χ1n) is 8.94. The fraction of sp³-hybridized carbons (Fsp3) is 0.238. The number of ether oxygens (including phenoxy) is 1. The molecule has 140 valence electrons. The number of carbonyl (C=O) groups excluding carboxylic acids is 2. The zero-order valence-corrected chi connectivity index (χ0v) is 15.4. The van der Waals surface area contributed by atoms with Gasteiger partial charge >= 0.3 is 0 Å². The minimum absolute atomic E-state index is 0.380. The van der Waals surface area contributed by atoms with E-state index in [1.807, 2.05) is 24.3 Å². The standard InChI is InChI=1S/C21H23N3O3/c1-14(2)11-12-27-16-9-7-15(8-10-16)20(25)23-24-21(26)18-13-22-19-6-4-3-5-17(18)19/h3-10,13-14,22H,11-12H2,1-2H3,(H,23,25)(H,24,26). The van der Waals surface area contributed by atoms with Gasteiger partial charge in [-0.2, -0.15) is 0 Å². The van der Waals surface area contributed by atoms with E-state index in [9.17, 15) is 9.59 Å². The summed E-state index contributed by atoms with van der Waals surface area (Å²) in [6, 6.07) is 14.3. The lowest BCUT2D eigenvalue weighted by Crippen LogP contribution is -2.41. The lowest BCUT2D eigenvalue weighted by molar-refractivity contribution is 0.0847. The molecule has 3 N–H and O–H groups in total. The van der Waals surface area contributed by atoms with Crippen molar-refractivity contribution in [3.05, 3.63) is 65.9 Å². The molecule has 0 atom stereocenters. The van der Waals surface area contributed by atoms with Crippen LogP contribution in [0.5, 0.6) is 5.75 Å². The molecule has 0 saturated heterocycles. The van der Waals surface area contributed by atoms with Gasteiger partial charge < -0.3 is 9.72 Å². The number of fused-ring (bicyclic) bond motifs is 1. The predicted molar refractivity (Wildman–Crippen MR) is 105 cm³/mol. The molecular weight excluding hydrogens is 342 g/mol. The van der Waals surface area contributed by atoms with Crippen molar-refractivity contribution in [2.24, 2.45) is 5.92 Å². The van der Waals surface area contributed by atoms with E-state index in [4.69, 9.17) is 4.74 Å². The maximum Gasteiger partial charge on any atom is 0.271 e. The van der Waals surface area contributed by atoms with Gasteiger partial charge in [0.1, 0.15) is 5.75 Å². The number of aromatic amines is 1. The summed E-state index contributed by atoms with van der Waals surface area (Å²) >= 11 is 0. The summed E-state index contributed by atoms with van der Waals surface area (Å²) in [5.41, 5.74) is 6.65. The van der Waals surface area contributed by atoms with E-state index < -0.39 is 5.91 Å². The van der Waals surface area contributed by atoms with Gasteiger partial charge in [-0.1, -0.05) is 32.0 Å². The van der Waals surface area contributed by atoms with Crippen molar-refractivity contribution in [3.63, 3.8) is 0 Å². The number of nitrogens with one attached hydrogen (secondary N) is 3. The fourth-order valence-electron chi connectivity index (χ4n) is 2.63. The highest BCUT2D eigenvalue weighted by Crippen LogP contribution is 2.17. The van der Waals surface area contributed by atoms with Gasteiger partial charge in [-0.3, -0.25) is 20.4 Å². The van der Waals surface area contributed by atoms with Crippen molar-refractivity contribution in [1.82, 2.24) is 15.8 Å². The zero-order valence-electron chi connectivity index (χ0n) is 15.4. The van der Waals surface area contributed by atoms with Gasteiger partial charge in [0.15, 0.2) is 0 Å². The molecule has 1 aromatic heterocycles. The van der Waals surface area contributed by atoms with E-state index in [-0.39, 0.29) is 5.91 Å². The Morgan fingerprint density at radius 3 is 2.44 bits per heavy atom. The van der Waals surface area contributed by atoms with Crippen molar-refractivity contribution in [3.8, 4) is 5.75 Å². The summed E-state index contributed by atoms with van der Waals surface area (Å²) in [5.74, 6) is 0.525. The Hall–Kier alpha value is -3.28. The summed E-state index contributed by atoms with van der Waals surface area (Å²) in [4.78, 5) is 27.6. The zero-order chi connectivity index (χ0) is 19.2. The molecule has 3 rings (SSSR count). The Balaban J connectivity index is 1.55. The van der Waals surface area contributed by atoms with Crippen LogP contribution < -0.4 is 15.6 Å². The molecule has 0 aliphatic rings. The second kappa shape index (κ2) is 8.40. The third-order valence-corrected chi connectivity index (χ3v) is 4.20. The van der Waals surface area contributed by atoms with Crippen molar-refractivity contribution < 1.29 is 14.3 Å². The Morgan fingerprint density at radius 1 is 1.00 bits per heavy atom. The topological polar surface area (TPSA) is 83.2 Å². The van der Waals surface area contributed by atoms with Crippen LogP contribution in [0.2, 0.25) is 0 Å². The number of hydrogen-bond donors (Lipinski definition) is 3. The van der Waals surface area contributed by atoms with Crippen LogP contribution in [0.3, 0.4) is 0 Å². The quantitative estimate of drug-likeness (QED) is 0.583. The monoisotopic (exact) mass is 365 g/mol. The molecule has 2 aromatic carbocycles. The van der Waals surface area contributed by atoms with E-state index in [1.54, 1.807) is 30.5 Å². The van der Waals surface area contributed by atoms with Crippen molar-refractivity contribution in [1.29, 1.82) is 0 Å². The van der Waals surface area contributed by atoms with Crippen LogP contribution in [0.1, 0.15) is 41.0 Å². The molecule has 0 bridgehead atoms. The minimum atomic E-state index is -0.392. The van der Waals surface area contributed by atoms with Crippen molar-refractivity contribution in [2.45, 2.75) is 20.3 Å². The molecule has 6 heteroatoms. The Bertz CT molecular complexity index is 929. The van der Waals surface area contributed by atoms with Gasteiger partial charge in [0, 0.05) is 22.7 Å². The lowest BCUT2D eigenvalue weighted by atomic mass is 10.1. The summed E-state index contributed by atoms with van der Waals surface area (Å²) in [6.45, 7) is 4.92. The molecule has 0 spiro atoms. The van der Waals surface area contributed by atoms with Crippen LogP contribution >= 0.6 is 0 Å². The number of benzene rings is 2. The second-order valence-electron chi connectivity index (χ2n) is 6.71. The van der Waals surface area contributed by atoms with E-state index in [0.29, 0.717) is 23.7 Å². The number of hydrazine groups is 1. The predicted octanol–water partition coefficient (Wildman–Crippen LogP) is 3.67. The molecule has 0 radical (unpaired) electrons. The molecule has 0 aliphatic heterocycles. The number of hydrogen-bond acceptors (Lipinski definition) is 3. The highest BCUT2D eigenvalue weighted by atomic mass is 16.5. The van der Waals surface area contributed by atoms with Gasteiger partial charge in [0.2, 0.25) is 0 Å². The molecule has 2 amide bonds. The van der Waals surface area contributed by atoms with Crippen LogP contribution in [-0.2, 0) is 0 Å². The number of H-pyrrole nitrogens is 1. The number of amides is 2. The summed E-state index contributed by atoms with van der Waals surface area (Å²) < 4.78 is 5.63. The lowest BCUT2D eigenvalue weighted by Gasteiger charge is -2.09. The van der Waals surface area contributed by atoms with Crippen LogP contribution in [0, 0.1) is 5.92 Å². The van der Waals surface area contributed by atoms with Gasteiger partial charge in [-0.05, 0) is 42.7 Å². The number of aromatic nitrogens is 1. The molecule has 27 heavy (non-hydrogen) atoms. The highest BCUT2D eigenvalue weighted by Gasteiger charge is 2.13. The molecule has 1 heterocycles. The number of rotatable bonds is 6. The maximum absolute atomic E-state index is 12.3. The number of carbonyl (C=O) groups is 2. The SMILES string of the molecule is CC(C)CCOc1ccc(C(=O)NNC(=O)c2c[nH]c3ccccc23)cc1. The molecular formula is C21H23N3O3. The average molecular weight is 365 g/mol. The van der Waals surface area contributed by atoms with Gasteiger partial charge in [-0.15, -0.1) is 0 Å². The smallest absolute Gasteiger partial charge is 0.271 e. The molecule has 6 nitrogen and oxygen atoms in total. The van der Waals surface area contributed by atoms with Crippen LogP contribution in [0.25, 0.3) is 10.9 Å².